The number of hydrogen-bond donors (Lipinski definition) is 2. The van der Waals surface area contributed by atoms with Crippen LogP contribution >= 0.6 is 11.8 Å². The Morgan fingerprint density at radius 1 is 1.59 bits per heavy atom. The topological polar surface area (TPSA) is 89.3 Å². The highest BCUT2D eigenvalue weighted by Gasteiger charge is 2.39. The van der Waals surface area contributed by atoms with Gasteiger partial charge in [0.25, 0.3) is 0 Å². The molecule has 5 nitrogen and oxygen atoms in total. The van der Waals surface area contributed by atoms with E-state index < -0.39 is 21.4 Å². The average Bonchev–Trinajstić information content (AvgIpc) is 2.49. The van der Waals surface area contributed by atoms with E-state index in [1.807, 2.05) is 6.26 Å². The molecule has 1 heterocycles. The second kappa shape index (κ2) is 5.58. The van der Waals surface area contributed by atoms with Gasteiger partial charge >= 0.3 is 0 Å². The molecule has 1 aliphatic rings. The van der Waals surface area contributed by atoms with Crippen molar-refractivity contribution in [2.45, 2.75) is 31.3 Å². The first-order valence-electron chi connectivity index (χ1n) is 5.55. The highest BCUT2D eigenvalue weighted by Crippen LogP contribution is 2.22. The van der Waals surface area contributed by atoms with Gasteiger partial charge in [-0.25, -0.2) is 8.42 Å². The second-order valence-corrected chi connectivity index (χ2v) is 7.95. The molecule has 0 saturated carbocycles. The van der Waals surface area contributed by atoms with Crippen molar-refractivity contribution in [2.24, 2.45) is 5.73 Å². The van der Waals surface area contributed by atoms with Crippen molar-refractivity contribution in [1.82, 2.24) is 5.32 Å². The van der Waals surface area contributed by atoms with Crippen LogP contribution in [0.2, 0.25) is 0 Å². The van der Waals surface area contributed by atoms with Crippen LogP contribution < -0.4 is 11.1 Å². The van der Waals surface area contributed by atoms with E-state index >= 15 is 0 Å². The molecule has 0 spiro atoms. The summed E-state index contributed by atoms with van der Waals surface area (Å²) in [6.45, 7) is 1.76. The third-order valence-electron chi connectivity index (χ3n) is 2.90. The Morgan fingerprint density at radius 3 is 2.71 bits per heavy atom. The highest BCUT2D eigenvalue weighted by molar-refractivity contribution is 7.98. The molecule has 1 rings (SSSR count). The van der Waals surface area contributed by atoms with Crippen LogP contribution in [0.1, 0.15) is 19.8 Å². The SMILES string of the molecule is CSCC[C@@H](N)C(=O)NC1(C)CCS(=O)(=O)C1. The Hall–Kier alpha value is -0.270. The lowest BCUT2D eigenvalue weighted by atomic mass is 10.0. The zero-order chi connectivity index (χ0) is 13.1. The van der Waals surface area contributed by atoms with Crippen molar-refractivity contribution in [3.8, 4) is 0 Å². The number of sulfone groups is 1. The molecule has 0 aromatic heterocycles. The number of thioether (sulfide) groups is 1. The molecule has 7 heteroatoms. The maximum atomic E-state index is 11.8. The second-order valence-electron chi connectivity index (χ2n) is 4.78. The normalized spacial score (nSPS) is 28.9. The lowest BCUT2D eigenvalue weighted by molar-refractivity contribution is -0.123. The Bertz CT molecular complexity index is 383. The van der Waals surface area contributed by atoms with Crippen LogP contribution in [0.5, 0.6) is 0 Å². The predicted molar refractivity (Wildman–Crippen MR) is 70.8 cm³/mol. The summed E-state index contributed by atoms with van der Waals surface area (Å²) in [5.74, 6) is 0.729. The highest BCUT2D eigenvalue weighted by atomic mass is 32.2. The van der Waals surface area contributed by atoms with Crippen molar-refractivity contribution in [1.29, 1.82) is 0 Å². The first-order chi connectivity index (χ1) is 7.78. The number of carbonyl (C=O) groups excluding carboxylic acids is 1. The zero-order valence-electron chi connectivity index (χ0n) is 10.2. The fraction of sp³-hybridized carbons (Fsp3) is 0.900. The number of hydrogen-bond acceptors (Lipinski definition) is 5. The molecule has 0 aromatic carbocycles. The minimum absolute atomic E-state index is 0.0149. The van der Waals surface area contributed by atoms with Gasteiger partial charge in [-0.15, -0.1) is 0 Å². The lowest BCUT2D eigenvalue weighted by Crippen LogP contribution is -2.52. The molecule has 0 aromatic rings. The van der Waals surface area contributed by atoms with Gasteiger partial charge in [-0.1, -0.05) is 0 Å². The summed E-state index contributed by atoms with van der Waals surface area (Å²) in [6, 6.07) is -0.553. The summed E-state index contributed by atoms with van der Waals surface area (Å²) < 4.78 is 22.8. The van der Waals surface area contributed by atoms with Gasteiger partial charge in [-0.3, -0.25) is 4.79 Å². The summed E-state index contributed by atoms with van der Waals surface area (Å²) in [7, 11) is -3.00. The van der Waals surface area contributed by atoms with Crippen LogP contribution in [0.25, 0.3) is 0 Å². The van der Waals surface area contributed by atoms with Gasteiger partial charge in [-0.05, 0) is 31.8 Å². The molecule has 1 amide bonds. The maximum absolute atomic E-state index is 11.8. The monoisotopic (exact) mass is 280 g/mol. The molecule has 0 radical (unpaired) electrons. The Labute approximate surface area is 107 Å². The van der Waals surface area contributed by atoms with E-state index in [1.165, 1.54) is 0 Å². The van der Waals surface area contributed by atoms with Gasteiger partial charge in [0.15, 0.2) is 9.84 Å². The summed E-state index contributed by atoms with van der Waals surface area (Å²) >= 11 is 1.63. The van der Waals surface area contributed by atoms with E-state index in [2.05, 4.69) is 5.32 Å². The summed E-state index contributed by atoms with van der Waals surface area (Å²) in [5, 5.41) is 2.77. The molecule has 2 atom stereocenters. The lowest BCUT2D eigenvalue weighted by Gasteiger charge is -2.25. The minimum Gasteiger partial charge on any atom is -0.349 e. The average molecular weight is 280 g/mol. The fourth-order valence-electron chi connectivity index (χ4n) is 1.88. The van der Waals surface area contributed by atoms with E-state index in [9.17, 15) is 13.2 Å². The van der Waals surface area contributed by atoms with E-state index in [4.69, 9.17) is 5.73 Å². The number of amides is 1. The summed E-state index contributed by atoms with van der Waals surface area (Å²) in [5.41, 5.74) is 5.09. The first kappa shape index (κ1) is 14.8. The van der Waals surface area contributed by atoms with E-state index in [0.717, 1.165) is 5.75 Å². The number of rotatable bonds is 5. The largest absolute Gasteiger partial charge is 0.349 e. The molecule has 1 saturated heterocycles. The van der Waals surface area contributed by atoms with Gasteiger partial charge < -0.3 is 11.1 Å². The third-order valence-corrected chi connectivity index (χ3v) is 5.45. The van der Waals surface area contributed by atoms with Crippen molar-refractivity contribution >= 4 is 27.5 Å². The van der Waals surface area contributed by atoms with Gasteiger partial charge in [0, 0.05) is 0 Å². The minimum atomic E-state index is -3.00. The Morgan fingerprint density at radius 2 is 2.24 bits per heavy atom. The zero-order valence-corrected chi connectivity index (χ0v) is 11.9. The molecule has 0 bridgehead atoms. The fourth-order valence-corrected chi connectivity index (χ4v) is 4.46. The van der Waals surface area contributed by atoms with Crippen LogP contribution in [0.15, 0.2) is 0 Å². The maximum Gasteiger partial charge on any atom is 0.237 e. The van der Waals surface area contributed by atoms with Crippen molar-refractivity contribution in [2.75, 3.05) is 23.5 Å². The molecule has 1 fully saturated rings. The van der Waals surface area contributed by atoms with Gasteiger partial charge in [0.1, 0.15) is 0 Å². The Kier molecular flexibility index (Phi) is 4.86. The van der Waals surface area contributed by atoms with Crippen LogP contribution in [0.4, 0.5) is 0 Å². The van der Waals surface area contributed by atoms with Gasteiger partial charge in [0.05, 0.1) is 23.1 Å². The van der Waals surface area contributed by atoms with Crippen LogP contribution in [-0.4, -0.2) is 49.4 Å². The molecular formula is C10H20N2O3S2. The standard InChI is InChI=1S/C10H20N2O3S2/c1-10(4-6-17(14,15)7-10)12-9(13)8(11)3-5-16-2/h8H,3-7,11H2,1-2H3,(H,12,13)/t8-,10?/m1/s1. The predicted octanol–water partition coefficient (Wildman–Crippen LogP) is -0.240. The van der Waals surface area contributed by atoms with Crippen LogP contribution in [0.3, 0.4) is 0 Å². The first-order valence-corrected chi connectivity index (χ1v) is 8.76. The number of nitrogens with two attached hydrogens (primary N) is 1. The van der Waals surface area contributed by atoms with Crippen molar-refractivity contribution in [3.05, 3.63) is 0 Å². The molecule has 100 valence electrons. The molecular weight excluding hydrogens is 260 g/mol. The van der Waals surface area contributed by atoms with E-state index in [-0.39, 0.29) is 17.4 Å². The number of carbonyl (C=O) groups is 1. The van der Waals surface area contributed by atoms with E-state index in [0.29, 0.717) is 12.8 Å². The summed E-state index contributed by atoms with van der Waals surface area (Å²) in [4.78, 5) is 11.8. The third kappa shape index (κ3) is 4.48. The summed E-state index contributed by atoms with van der Waals surface area (Å²) in [6.07, 6.45) is 3.03. The van der Waals surface area contributed by atoms with E-state index in [1.54, 1.807) is 18.7 Å². The molecule has 3 N–H and O–H groups in total. The Balaban J connectivity index is 2.51. The van der Waals surface area contributed by atoms with Gasteiger partial charge in [-0.2, -0.15) is 11.8 Å². The quantitative estimate of drug-likeness (QED) is 0.725. The number of nitrogens with one attached hydrogen (secondary N) is 1. The van der Waals surface area contributed by atoms with Crippen LogP contribution in [-0.2, 0) is 14.6 Å². The molecule has 1 unspecified atom stereocenters. The van der Waals surface area contributed by atoms with Crippen molar-refractivity contribution in [3.63, 3.8) is 0 Å². The van der Waals surface area contributed by atoms with Gasteiger partial charge in [0.2, 0.25) is 5.91 Å². The van der Waals surface area contributed by atoms with Crippen molar-refractivity contribution < 1.29 is 13.2 Å². The van der Waals surface area contributed by atoms with Crippen LogP contribution in [0, 0.1) is 0 Å². The molecule has 0 aliphatic carbocycles. The molecule has 1 aliphatic heterocycles. The molecule has 17 heavy (non-hydrogen) atoms. The smallest absolute Gasteiger partial charge is 0.237 e.